The molecule has 0 aliphatic rings. The first-order chi connectivity index (χ1) is 11.5. The molecule has 6 nitrogen and oxygen atoms in total. The Kier molecular flexibility index (Phi) is 4.03. The van der Waals surface area contributed by atoms with Gasteiger partial charge in [0.25, 0.3) is 0 Å². The van der Waals surface area contributed by atoms with Crippen LogP contribution in [0.4, 0.5) is 45.5 Å². The van der Waals surface area contributed by atoms with Gasteiger partial charge < -0.3 is 33.6 Å². The molecule has 0 radical (unpaired) electrons. The lowest BCUT2D eigenvalue weighted by atomic mass is 10.2. The summed E-state index contributed by atoms with van der Waals surface area (Å²) in [4.78, 5) is 0. The van der Waals surface area contributed by atoms with E-state index in [2.05, 4.69) is 10.6 Å². The predicted molar refractivity (Wildman–Crippen MR) is 104 cm³/mol. The maximum atomic E-state index is 6.07. The van der Waals surface area contributed by atoms with E-state index in [0.717, 1.165) is 22.7 Å². The smallest absolute Gasteiger partial charge is 0.0640 e. The van der Waals surface area contributed by atoms with Crippen molar-refractivity contribution in [2.45, 2.75) is 0 Å². The number of nitrogens with two attached hydrogens (primary N) is 4. The van der Waals surface area contributed by atoms with Gasteiger partial charge in [0, 0.05) is 22.7 Å². The molecule has 0 saturated carbocycles. The highest BCUT2D eigenvalue weighted by Gasteiger charge is 2.07. The first-order valence-corrected chi connectivity index (χ1v) is 7.45. The molecule has 6 heteroatoms. The van der Waals surface area contributed by atoms with E-state index in [9.17, 15) is 0 Å². The molecule has 0 amide bonds. The second-order valence-corrected chi connectivity index (χ2v) is 5.52. The summed E-state index contributed by atoms with van der Waals surface area (Å²) in [6, 6.07) is 18.4. The summed E-state index contributed by atoms with van der Waals surface area (Å²) < 4.78 is 0. The molecule has 0 aliphatic carbocycles. The van der Waals surface area contributed by atoms with Crippen LogP contribution in [0.5, 0.6) is 0 Å². The van der Waals surface area contributed by atoms with Gasteiger partial charge in [0.05, 0.1) is 22.7 Å². The van der Waals surface area contributed by atoms with E-state index >= 15 is 0 Å². The van der Waals surface area contributed by atoms with Gasteiger partial charge in [-0.2, -0.15) is 0 Å². The van der Waals surface area contributed by atoms with Gasteiger partial charge in [-0.15, -0.1) is 0 Å². The molecule has 0 unspecified atom stereocenters. The first kappa shape index (κ1) is 15.4. The van der Waals surface area contributed by atoms with Crippen LogP contribution >= 0.6 is 0 Å². The maximum absolute atomic E-state index is 6.07. The Balaban J connectivity index is 1.87. The summed E-state index contributed by atoms with van der Waals surface area (Å²) in [5.74, 6) is 0. The van der Waals surface area contributed by atoms with Crippen LogP contribution in [0.3, 0.4) is 0 Å². The monoisotopic (exact) mass is 320 g/mol. The fraction of sp³-hybridized carbons (Fsp3) is 0. The van der Waals surface area contributed by atoms with Gasteiger partial charge in [0.1, 0.15) is 0 Å². The van der Waals surface area contributed by atoms with Crippen molar-refractivity contribution < 1.29 is 0 Å². The molecule has 3 aromatic rings. The molecule has 10 N–H and O–H groups in total. The fourth-order valence-corrected chi connectivity index (χ4v) is 2.29. The molecule has 0 fully saturated rings. The lowest BCUT2D eigenvalue weighted by Crippen LogP contribution is -2.02. The molecule has 3 rings (SSSR count). The minimum absolute atomic E-state index is 0.562. The van der Waals surface area contributed by atoms with E-state index in [-0.39, 0.29) is 0 Å². The van der Waals surface area contributed by atoms with Crippen LogP contribution in [0.2, 0.25) is 0 Å². The summed E-state index contributed by atoms with van der Waals surface area (Å²) in [6.45, 7) is 0. The summed E-state index contributed by atoms with van der Waals surface area (Å²) in [7, 11) is 0. The van der Waals surface area contributed by atoms with Crippen molar-refractivity contribution in [3.63, 3.8) is 0 Å². The van der Waals surface area contributed by atoms with Crippen LogP contribution in [-0.2, 0) is 0 Å². The third kappa shape index (κ3) is 3.44. The fourth-order valence-electron chi connectivity index (χ4n) is 2.29. The summed E-state index contributed by atoms with van der Waals surface area (Å²) >= 11 is 0. The van der Waals surface area contributed by atoms with Crippen molar-refractivity contribution in [3.8, 4) is 0 Å². The van der Waals surface area contributed by atoms with Crippen LogP contribution in [0, 0.1) is 0 Å². The van der Waals surface area contributed by atoms with Crippen molar-refractivity contribution in [2.24, 2.45) is 0 Å². The molecule has 3 aromatic carbocycles. The average molecular weight is 320 g/mol. The van der Waals surface area contributed by atoms with Gasteiger partial charge in [0.15, 0.2) is 0 Å². The Hall–Kier alpha value is -3.54. The predicted octanol–water partition coefficient (Wildman–Crippen LogP) is 3.50. The second kappa shape index (κ2) is 6.29. The third-order valence-electron chi connectivity index (χ3n) is 3.60. The molecule has 0 atom stereocenters. The van der Waals surface area contributed by atoms with E-state index in [0.29, 0.717) is 22.7 Å². The molecular formula is C18H20N6. The number of benzene rings is 3. The summed E-state index contributed by atoms with van der Waals surface area (Å²) in [5.41, 5.74) is 29.4. The zero-order chi connectivity index (χ0) is 17.1. The number of nitrogens with one attached hydrogen (secondary N) is 2. The molecule has 0 bridgehead atoms. The number of anilines is 8. The van der Waals surface area contributed by atoms with Gasteiger partial charge >= 0.3 is 0 Å². The van der Waals surface area contributed by atoms with Crippen molar-refractivity contribution in [1.29, 1.82) is 0 Å². The molecule has 0 heterocycles. The van der Waals surface area contributed by atoms with E-state index in [4.69, 9.17) is 22.9 Å². The molecule has 24 heavy (non-hydrogen) atoms. The van der Waals surface area contributed by atoms with Gasteiger partial charge in [-0.05, 0) is 60.7 Å². The molecular weight excluding hydrogens is 300 g/mol. The second-order valence-electron chi connectivity index (χ2n) is 5.52. The average Bonchev–Trinajstić information content (AvgIpc) is 2.56. The Labute approximate surface area is 140 Å². The zero-order valence-electron chi connectivity index (χ0n) is 13.1. The Morgan fingerprint density at radius 1 is 0.500 bits per heavy atom. The minimum Gasteiger partial charge on any atom is -0.399 e. The van der Waals surface area contributed by atoms with Gasteiger partial charge in [-0.1, -0.05) is 0 Å². The van der Waals surface area contributed by atoms with E-state index in [1.165, 1.54) is 0 Å². The van der Waals surface area contributed by atoms with E-state index < -0.39 is 0 Å². The molecule has 122 valence electrons. The zero-order valence-corrected chi connectivity index (χ0v) is 13.1. The number of nitrogen functional groups attached to an aromatic ring is 4. The Morgan fingerprint density at radius 3 is 1.25 bits per heavy atom. The van der Waals surface area contributed by atoms with E-state index in [1.807, 2.05) is 54.6 Å². The van der Waals surface area contributed by atoms with Crippen molar-refractivity contribution in [1.82, 2.24) is 0 Å². The summed E-state index contributed by atoms with van der Waals surface area (Å²) in [6.07, 6.45) is 0. The number of hydrogen-bond acceptors (Lipinski definition) is 6. The Morgan fingerprint density at radius 2 is 0.875 bits per heavy atom. The molecule has 0 aromatic heterocycles. The van der Waals surface area contributed by atoms with Crippen molar-refractivity contribution in [2.75, 3.05) is 33.6 Å². The van der Waals surface area contributed by atoms with E-state index in [1.54, 1.807) is 6.07 Å². The first-order valence-electron chi connectivity index (χ1n) is 7.45. The lowest BCUT2D eigenvalue weighted by molar-refractivity contribution is 1.51. The van der Waals surface area contributed by atoms with Gasteiger partial charge in [0.2, 0.25) is 0 Å². The highest BCUT2D eigenvalue weighted by atomic mass is 14.9. The van der Waals surface area contributed by atoms with Crippen molar-refractivity contribution >= 4 is 45.5 Å². The quantitative estimate of drug-likeness (QED) is 0.408. The standard InChI is InChI=1S/C18H20N6/c19-11-1-5-13(6-2-11)23-17-10-18(16(22)9-15(17)21)24-14-7-3-12(20)4-8-14/h1-10,23-24H,19-22H2. The van der Waals surface area contributed by atoms with Crippen LogP contribution in [0.1, 0.15) is 0 Å². The number of hydrogen-bond donors (Lipinski definition) is 6. The minimum atomic E-state index is 0.562. The normalized spacial score (nSPS) is 10.3. The van der Waals surface area contributed by atoms with Crippen LogP contribution < -0.4 is 33.6 Å². The van der Waals surface area contributed by atoms with Gasteiger partial charge in [-0.3, -0.25) is 0 Å². The largest absolute Gasteiger partial charge is 0.399 e. The topological polar surface area (TPSA) is 128 Å². The van der Waals surface area contributed by atoms with Crippen molar-refractivity contribution in [3.05, 3.63) is 60.7 Å². The highest BCUT2D eigenvalue weighted by Crippen LogP contribution is 2.33. The highest BCUT2D eigenvalue weighted by molar-refractivity contribution is 5.85. The molecule has 0 saturated heterocycles. The SMILES string of the molecule is Nc1ccc(Nc2cc(Nc3ccc(N)cc3)c(N)cc2N)cc1. The molecule has 0 aliphatic heterocycles. The van der Waals surface area contributed by atoms with Crippen LogP contribution in [-0.4, -0.2) is 0 Å². The lowest BCUT2D eigenvalue weighted by Gasteiger charge is -2.15. The Bertz CT molecular complexity index is 772. The van der Waals surface area contributed by atoms with Crippen LogP contribution in [0.25, 0.3) is 0 Å². The molecule has 0 spiro atoms. The third-order valence-corrected chi connectivity index (χ3v) is 3.60. The number of rotatable bonds is 4. The maximum Gasteiger partial charge on any atom is 0.0640 e. The van der Waals surface area contributed by atoms with Crippen LogP contribution in [0.15, 0.2) is 60.7 Å². The van der Waals surface area contributed by atoms with Gasteiger partial charge in [-0.25, -0.2) is 0 Å². The summed E-state index contributed by atoms with van der Waals surface area (Å²) in [5, 5.41) is 6.53.